The average Bonchev–Trinajstić information content (AvgIpc) is 2.91. The van der Waals surface area contributed by atoms with Crippen LogP contribution in [-0.2, 0) is 0 Å². The van der Waals surface area contributed by atoms with Gasteiger partial charge in [-0.05, 0) is 25.5 Å². The number of ether oxygens (including phenoxy) is 1. The fraction of sp³-hybridized carbons (Fsp3) is 0.312. The van der Waals surface area contributed by atoms with E-state index in [0.29, 0.717) is 23.3 Å². The molecule has 1 unspecified atom stereocenters. The van der Waals surface area contributed by atoms with Crippen LogP contribution >= 0.6 is 0 Å². The van der Waals surface area contributed by atoms with E-state index in [0.717, 1.165) is 0 Å². The summed E-state index contributed by atoms with van der Waals surface area (Å²) in [4.78, 5) is 12.2. The van der Waals surface area contributed by atoms with Gasteiger partial charge in [-0.3, -0.25) is 4.79 Å². The molecule has 0 aliphatic carbocycles. The molecule has 0 aliphatic heterocycles. The second-order valence-corrected chi connectivity index (χ2v) is 4.74. The molecule has 1 amide bonds. The van der Waals surface area contributed by atoms with E-state index in [1.54, 1.807) is 31.2 Å². The van der Waals surface area contributed by atoms with Crippen LogP contribution in [0.15, 0.2) is 41.0 Å². The van der Waals surface area contributed by atoms with Crippen LogP contribution in [0.5, 0.6) is 5.75 Å². The Balaban J connectivity index is 2.22. The molecule has 0 saturated carbocycles. The number of para-hydroxylation sites is 1. The Hall–Kier alpha value is -2.37. The van der Waals surface area contributed by atoms with E-state index in [1.807, 2.05) is 6.92 Å². The Kier molecular flexibility index (Phi) is 5.14. The van der Waals surface area contributed by atoms with Crippen LogP contribution in [0.1, 0.15) is 41.1 Å². The average molecular weight is 309 g/mol. The second kappa shape index (κ2) is 7.06. The zero-order valence-electron chi connectivity index (χ0n) is 12.3. The van der Waals surface area contributed by atoms with Crippen molar-refractivity contribution in [3.63, 3.8) is 0 Å². The van der Waals surface area contributed by atoms with Gasteiger partial charge in [0.2, 0.25) is 0 Å². The Morgan fingerprint density at radius 3 is 2.64 bits per heavy atom. The third kappa shape index (κ3) is 3.63. The van der Waals surface area contributed by atoms with Gasteiger partial charge in [-0.25, -0.2) is 0 Å². The summed E-state index contributed by atoms with van der Waals surface area (Å²) >= 11 is 0. The summed E-state index contributed by atoms with van der Waals surface area (Å²) in [6.07, 6.45) is 1.96. The summed E-state index contributed by atoms with van der Waals surface area (Å²) in [6.45, 7) is 0.626. The molecule has 2 rings (SSSR count). The number of halogens is 2. The van der Waals surface area contributed by atoms with Crippen molar-refractivity contribution in [1.82, 2.24) is 5.32 Å². The molecule has 1 atom stereocenters. The first-order valence-electron chi connectivity index (χ1n) is 6.91. The van der Waals surface area contributed by atoms with Crippen LogP contribution in [0.3, 0.4) is 0 Å². The van der Waals surface area contributed by atoms with Gasteiger partial charge in [-0.15, -0.1) is 0 Å². The van der Waals surface area contributed by atoms with E-state index >= 15 is 0 Å². The molecule has 0 saturated heterocycles. The van der Waals surface area contributed by atoms with Crippen molar-refractivity contribution in [3.8, 4) is 5.75 Å². The molecule has 0 fully saturated rings. The van der Waals surface area contributed by atoms with E-state index in [4.69, 9.17) is 4.42 Å². The van der Waals surface area contributed by atoms with E-state index in [1.165, 1.54) is 12.3 Å². The number of amides is 1. The van der Waals surface area contributed by atoms with E-state index in [9.17, 15) is 13.6 Å². The molecule has 0 radical (unpaired) electrons. The van der Waals surface area contributed by atoms with Crippen LogP contribution in [0.25, 0.3) is 0 Å². The predicted molar refractivity (Wildman–Crippen MR) is 77.0 cm³/mol. The lowest BCUT2D eigenvalue weighted by Crippen LogP contribution is -2.28. The third-order valence-electron chi connectivity index (χ3n) is 3.33. The molecule has 2 aromatic rings. The minimum absolute atomic E-state index is 0.0635. The fourth-order valence-electron chi connectivity index (χ4n) is 2.23. The molecule has 118 valence electrons. The SMILES string of the molecule is CCC(NC(=O)c1ccoc1C)c1ccccc1OC(F)F. The standard InChI is InChI=1S/C16H17F2NO3/c1-3-13(19-15(20)11-8-9-21-10(11)2)12-6-4-5-7-14(12)22-16(17)18/h4-9,13,16H,3H2,1-2H3,(H,19,20). The molecule has 22 heavy (non-hydrogen) atoms. The number of rotatable bonds is 6. The Bertz CT molecular complexity index is 640. The van der Waals surface area contributed by atoms with Crippen molar-refractivity contribution in [2.75, 3.05) is 0 Å². The number of carbonyl (C=O) groups is 1. The fourth-order valence-corrected chi connectivity index (χ4v) is 2.23. The van der Waals surface area contributed by atoms with Gasteiger partial charge >= 0.3 is 6.61 Å². The van der Waals surface area contributed by atoms with Crippen LogP contribution in [0.4, 0.5) is 8.78 Å². The molecule has 4 nitrogen and oxygen atoms in total. The topological polar surface area (TPSA) is 51.5 Å². The molecule has 0 spiro atoms. The molecule has 0 bridgehead atoms. The van der Waals surface area contributed by atoms with Gasteiger partial charge in [0.05, 0.1) is 17.9 Å². The molecule has 1 aromatic heterocycles. The minimum Gasteiger partial charge on any atom is -0.469 e. The maximum Gasteiger partial charge on any atom is 0.387 e. The van der Waals surface area contributed by atoms with Gasteiger partial charge in [0.1, 0.15) is 11.5 Å². The minimum atomic E-state index is -2.91. The van der Waals surface area contributed by atoms with E-state index in [-0.39, 0.29) is 11.7 Å². The molecule has 0 aliphatic rings. The number of furan rings is 1. The highest BCUT2D eigenvalue weighted by Crippen LogP contribution is 2.28. The lowest BCUT2D eigenvalue weighted by molar-refractivity contribution is -0.0506. The zero-order valence-corrected chi connectivity index (χ0v) is 12.3. The van der Waals surface area contributed by atoms with Gasteiger partial charge in [0.25, 0.3) is 5.91 Å². The highest BCUT2D eigenvalue weighted by Gasteiger charge is 2.20. The summed E-state index contributed by atoms with van der Waals surface area (Å²) < 4.78 is 34.6. The Morgan fingerprint density at radius 2 is 2.05 bits per heavy atom. The van der Waals surface area contributed by atoms with Gasteiger partial charge < -0.3 is 14.5 Å². The van der Waals surface area contributed by atoms with Crippen LogP contribution in [0.2, 0.25) is 0 Å². The lowest BCUT2D eigenvalue weighted by Gasteiger charge is -2.20. The predicted octanol–water partition coefficient (Wildman–Crippen LogP) is 4.07. The number of hydrogen-bond donors (Lipinski definition) is 1. The van der Waals surface area contributed by atoms with Crippen molar-refractivity contribution in [3.05, 3.63) is 53.5 Å². The highest BCUT2D eigenvalue weighted by atomic mass is 19.3. The summed E-state index contributed by atoms with van der Waals surface area (Å²) in [5.41, 5.74) is 0.936. The zero-order chi connectivity index (χ0) is 16.1. The van der Waals surface area contributed by atoms with Crippen molar-refractivity contribution < 1.29 is 22.7 Å². The quantitative estimate of drug-likeness (QED) is 0.875. The van der Waals surface area contributed by atoms with Crippen molar-refractivity contribution in [1.29, 1.82) is 0 Å². The summed E-state index contributed by atoms with van der Waals surface area (Å²) in [7, 11) is 0. The van der Waals surface area contributed by atoms with Crippen LogP contribution in [0, 0.1) is 6.92 Å². The van der Waals surface area contributed by atoms with Crippen molar-refractivity contribution >= 4 is 5.91 Å². The Morgan fingerprint density at radius 1 is 1.32 bits per heavy atom. The first-order valence-corrected chi connectivity index (χ1v) is 6.91. The van der Waals surface area contributed by atoms with E-state index in [2.05, 4.69) is 10.1 Å². The Labute approximate surface area is 127 Å². The van der Waals surface area contributed by atoms with Gasteiger partial charge in [-0.1, -0.05) is 25.1 Å². The maximum absolute atomic E-state index is 12.5. The van der Waals surface area contributed by atoms with Gasteiger partial charge in [0.15, 0.2) is 0 Å². The number of benzene rings is 1. The number of alkyl halides is 2. The number of carbonyl (C=O) groups excluding carboxylic acids is 1. The normalized spacial score (nSPS) is 12.2. The summed E-state index contributed by atoms with van der Waals surface area (Å²) in [5.74, 6) is 0.253. The molecule has 1 aromatic carbocycles. The molecular weight excluding hydrogens is 292 g/mol. The summed E-state index contributed by atoms with van der Waals surface area (Å²) in [5, 5.41) is 2.82. The first-order chi connectivity index (χ1) is 10.5. The lowest BCUT2D eigenvalue weighted by atomic mass is 10.0. The number of nitrogens with one attached hydrogen (secondary N) is 1. The van der Waals surface area contributed by atoms with Crippen molar-refractivity contribution in [2.24, 2.45) is 0 Å². The van der Waals surface area contributed by atoms with Crippen molar-refractivity contribution in [2.45, 2.75) is 32.9 Å². The van der Waals surface area contributed by atoms with Gasteiger partial charge in [-0.2, -0.15) is 8.78 Å². The smallest absolute Gasteiger partial charge is 0.387 e. The van der Waals surface area contributed by atoms with E-state index < -0.39 is 12.7 Å². The molecule has 6 heteroatoms. The largest absolute Gasteiger partial charge is 0.469 e. The van der Waals surface area contributed by atoms with Crippen LogP contribution in [-0.4, -0.2) is 12.5 Å². The molecule has 1 heterocycles. The second-order valence-electron chi connectivity index (χ2n) is 4.74. The molecule has 1 N–H and O–H groups in total. The first kappa shape index (κ1) is 16.0. The highest BCUT2D eigenvalue weighted by molar-refractivity contribution is 5.95. The monoisotopic (exact) mass is 309 g/mol. The van der Waals surface area contributed by atoms with Crippen LogP contribution < -0.4 is 10.1 Å². The number of hydrogen-bond acceptors (Lipinski definition) is 3. The third-order valence-corrected chi connectivity index (χ3v) is 3.33. The molecular formula is C16H17F2NO3. The maximum atomic E-state index is 12.5. The summed E-state index contributed by atoms with van der Waals surface area (Å²) in [6, 6.07) is 7.57. The van der Waals surface area contributed by atoms with Gasteiger partial charge in [0, 0.05) is 5.56 Å². The number of aryl methyl sites for hydroxylation is 1.